The lowest BCUT2D eigenvalue weighted by Gasteiger charge is -2.23. The molecule has 0 spiro atoms. The number of anilines is 1. The van der Waals surface area contributed by atoms with Gasteiger partial charge in [-0.3, -0.25) is 9.52 Å². The Morgan fingerprint density at radius 1 is 1.40 bits per heavy atom. The number of pyridine rings is 1. The smallest absolute Gasteiger partial charge is 0.301 e. The number of likely N-dealkylation sites (N-methyl/N-ethyl adjacent to an activating group) is 1. The first-order valence-corrected chi connectivity index (χ1v) is 10.9. The number of hydrogen-bond acceptors (Lipinski definition) is 5. The minimum atomic E-state index is -4.04. The standard InChI is InChI=1S/C19H18ClFN4O4S/c1-25(12-5-6-29-10-12)30(27,28)24-16-4-2-3-13(17(16)21)18(26)15-9-23-19-14(15)7-11(20)8-22-19/h2-4,7-9,12,24H,5-6,10H2,1H3,(H,22,23). The van der Waals surface area contributed by atoms with E-state index in [0.717, 1.165) is 4.31 Å². The van der Waals surface area contributed by atoms with Crippen molar-refractivity contribution in [3.05, 3.63) is 58.6 Å². The maximum atomic E-state index is 15.1. The van der Waals surface area contributed by atoms with Crippen LogP contribution in [0.3, 0.4) is 0 Å². The Hall–Kier alpha value is -2.53. The Kier molecular flexibility index (Phi) is 5.49. The van der Waals surface area contributed by atoms with Crippen LogP contribution in [0.2, 0.25) is 5.02 Å². The van der Waals surface area contributed by atoms with Gasteiger partial charge in [0.25, 0.3) is 0 Å². The molecule has 1 aliphatic heterocycles. The molecule has 4 rings (SSSR count). The lowest BCUT2D eigenvalue weighted by molar-refractivity contribution is 0.103. The minimum Gasteiger partial charge on any atom is -0.380 e. The van der Waals surface area contributed by atoms with Gasteiger partial charge in [0.2, 0.25) is 0 Å². The molecule has 1 aliphatic rings. The number of hydrogen-bond donors (Lipinski definition) is 2. The molecule has 0 radical (unpaired) electrons. The molecular weight excluding hydrogens is 435 g/mol. The van der Waals surface area contributed by atoms with Crippen LogP contribution in [0.25, 0.3) is 11.0 Å². The average Bonchev–Trinajstić information content (AvgIpc) is 3.38. The Bertz CT molecular complexity index is 1220. The van der Waals surface area contributed by atoms with E-state index in [2.05, 4.69) is 14.7 Å². The number of carbonyl (C=O) groups excluding carboxylic acids is 1. The highest BCUT2D eigenvalue weighted by Gasteiger charge is 2.30. The van der Waals surface area contributed by atoms with Crippen LogP contribution in [0.5, 0.6) is 0 Å². The van der Waals surface area contributed by atoms with Crippen LogP contribution in [0, 0.1) is 5.82 Å². The first-order valence-electron chi connectivity index (χ1n) is 9.07. The molecule has 1 unspecified atom stereocenters. The maximum Gasteiger partial charge on any atom is 0.301 e. The number of aromatic nitrogens is 2. The summed E-state index contributed by atoms with van der Waals surface area (Å²) >= 11 is 5.96. The number of fused-ring (bicyclic) bond motifs is 1. The molecular formula is C19H18ClFN4O4S. The third-order valence-corrected chi connectivity index (χ3v) is 6.76. The zero-order valence-electron chi connectivity index (χ0n) is 15.9. The molecule has 1 fully saturated rings. The van der Waals surface area contributed by atoms with Crippen molar-refractivity contribution in [2.45, 2.75) is 12.5 Å². The normalized spacial score (nSPS) is 17.0. The van der Waals surface area contributed by atoms with Gasteiger partial charge in [-0.1, -0.05) is 17.7 Å². The predicted molar refractivity (Wildman–Crippen MR) is 110 cm³/mol. The van der Waals surface area contributed by atoms with E-state index < -0.39 is 21.8 Å². The fourth-order valence-electron chi connectivity index (χ4n) is 3.31. The van der Waals surface area contributed by atoms with Crippen LogP contribution in [0.15, 0.2) is 36.7 Å². The van der Waals surface area contributed by atoms with Gasteiger partial charge >= 0.3 is 10.2 Å². The zero-order chi connectivity index (χ0) is 21.5. The first kappa shape index (κ1) is 20.7. The van der Waals surface area contributed by atoms with Gasteiger partial charge in [-0.15, -0.1) is 0 Å². The molecule has 30 heavy (non-hydrogen) atoms. The van der Waals surface area contributed by atoms with E-state index in [0.29, 0.717) is 29.1 Å². The molecule has 0 amide bonds. The summed E-state index contributed by atoms with van der Waals surface area (Å²) in [4.78, 5) is 19.9. The molecule has 2 N–H and O–H groups in total. The summed E-state index contributed by atoms with van der Waals surface area (Å²) in [6.45, 7) is 0.738. The number of carbonyl (C=O) groups is 1. The van der Waals surface area contributed by atoms with Crippen LogP contribution in [-0.4, -0.2) is 54.8 Å². The summed E-state index contributed by atoms with van der Waals surface area (Å²) in [6, 6.07) is 5.18. The zero-order valence-corrected chi connectivity index (χ0v) is 17.4. The minimum absolute atomic E-state index is 0.180. The highest BCUT2D eigenvalue weighted by Crippen LogP contribution is 2.27. The highest BCUT2D eigenvalue weighted by molar-refractivity contribution is 7.90. The van der Waals surface area contributed by atoms with E-state index >= 15 is 4.39 Å². The highest BCUT2D eigenvalue weighted by atomic mass is 35.5. The molecule has 1 saturated heterocycles. The fraction of sp³-hybridized carbons (Fsp3) is 0.263. The van der Waals surface area contributed by atoms with E-state index in [1.54, 1.807) is 6.07 Å². The maximum absolute atomic E-state index is 15.1. The molecule has 0 saturated carbocycles. The van der Waals surface area contributed by atoms with Crippen LogP contribution < -0.4 is 4.72 Å². The van der Waals surface area contributed by atoms with Crippen molar-refractivity contribution in [1.82, 2.24) is 14.3 Å². The molecule has 3 aromatic rings. The third-order valence-electron chi connectivity index (χ3n) is 5.02. The topological polar surface area (TPSA) is 104 Å². The monoisotopic (exact) mass is 452 g/mol. The van der Waals surface area contributed by atoms with Crippen molar-refractivity contribution < 1.29 is 22.3 Å². The number of nitrogens with zero attached hydrogens (tertiary/aromatic N) is 2. The van der Waals surface area contributed by atoms with Crippen molar-refractivity contribution >= 4 is 44.3 Å². The van der Waals surface area contributed by atoms with Crippen molar-refractivity contribution in [1.29, 1.82) is 0 Å². The molecule has 3 heterocycles. The van der Waals surface area contributed by atoms with Crippen LogP contribution in [0.4, 0.5) is 10.1 Å². The molecule has 1 atom stereocenters. The number of ketones is 1. The number of rotatable bonds is 6. The molecule has 8 nitrogen and oxygen atoms in total. The van der Waals surface area contributed by atoms with Gasteiger partial charge in [0, 0.05) is 37.0 Å². The third kappa shape index (κ3) is 3.79. The first-order chi connectivity index (χ1) is 14.3. The number of halogens is 2. The van der Waals surface area contributed by atoms with Gasteiger partial charge in [-0.25, -0.2) is 9.37 Å². The Balaban J connectivity index is 1.65. The van der Waals surface area contributed by atoms with Crippen molar-refractivity contribution in [2.24, 2.45) is 0 Å². The number of H-pyrrole nitrogens is 1. The Morgan fingerprint density at radius 2 is 2.20 bits per heavy atom. The molecule has 0 bridgehead atoms. The van der Waals surface area contributed by atoms with E-state index in [9.17, 15) is 13.2 Å². The second-order valence-corrected chi connectivity index (χ2v) is 9.06. The predicted octanol–water partition coefficient (Wildman–Crippen LogP) is 2.96. The fourth-order valence-corrected chi connectivity index (χ4v) is 4.61. The van der Waals surface area contributed by atoms with E-state index in [1.807, 2.05) is 0 Å². The van der Waals surface area contributed by atoms with Crippen molar-refractivity contribution in [3.8, 4) is 0 Å². The molecule has 2 aromatic heterocycles. The van der Waals surface area contributed by atoms with Crippen LogP contribution in [-0.2, 0) is 14.9 Å². The Labute approximate surface area is 177 Å². The van der Waals surface area contributed by atoms with E-state index in [1.165, 1.54) is 37.6 Å². The molecule has 1 aromatic carbocycles. The second-order valence-electron chi connectivity index (χ2n) is 6.89. The van der Waals surface area contributed by atoms with E-state index in [-0.39, 0.29) is 29.5 Å². The molecule has 158 valence electrons. The van der Waals surface area contributed by atoms with Gasteiger partial charge in [0.1, 0.15) is 5.65 Å². The quantitative estimate of drug-likeness (QED) is 0.559. The van der Waals surface area contributed by atoms with Gasteiger partial charge in [0.05, 0.1) is 28.9 Å². The van der Waals surface area contributed by atoms with Gasteiger partial charge < -0.3 is 9.72 Å². The summed E-state index contributed by atoms with van der Waals surface area (Å²) < 4.78 is 49.0. The second kappa shape index (κ2) is 7.95. The lowest BCUT2D eigenvalue weighted by atomic mass is 10.0. The lowest BCUT2D eigenvalue weighted by Crippen LogP contribution is -2.41. The summed E-state index contributed by atoms with van der Waals surface area (Å²) in [5.41, 5.74) is 0.0186. The van der Waals surface area contributed by atoms with Crippen molar-refractivity contribution in [2.75, 3.05) is 25.0 Å². The SMILES string of the molecule is CN(C1CCOC1)S(=O)(=O)Nc1cccc(C(=O)c2c[nH]c3ncc(Cl)cc23)c1F. The summed E-state index contributed by atoms with van der Waals surface area (Å²) in [7, 11) is -2.64. The largest absolute Gasteiger partial charge is 0.380 e. The van der Waals surface area contributed by atoms with Gasteiger partial charge in [0.15, 0.2) is 11.6 Å². The molecule has 0 aliphatic carbocycles. The number of ether oxygens (including phenoxy) is 1. The molecule has 11 heteroatoms. The summed E-state index contributed by atoms with van der Waals surface area (Å²) in [5.74, 6) is -1.59. The number of aromatic amines is 1. The summed E-state index contributed by atoms with van der Waals surface area (Å²) in [5, 5.41) is 0.774. The summed E-state index contributed by atoms with van der Waals surface area (Å²) in [6.07, 6.45) is 3.40. The number of benzene rings is 1. The average molecular weight is 453 g/mol. The van der Waals surface area contributed by atoms with Crippen LogP contribution >= 0.6 is 11.6 Å². The van der Waals surface area contributed by atoms with E-state index in [4.69, 9.17) is 16.3 Å². The Morgan fingerprint density at radius 3 is 2.93 bits per heavy atom. The van der Waals surface area contributed by atoms with Crippen molar-refractivity contribution in [3.63, 3.8) is 0 Å². The number of nitrogens with one attached hydrogen (secondary N) is 2. The van der Waals surface area contributed by atoms with Gasteiger partial charge in [-0.05, 0) is 24.6 Å². The van der Waals surface area contributed by atoms with Gasteiger partial charge in [-0.2, -0.15) is 12.7 Å². The van der Waals surface area contributed by atoms with Crippen LogP contribution in [0.1, 0.15) is 22.3 Å².